The summed E-state index contributed by atoms with van der Waals surface area (Å²) in [4.78, 5) is 25.2. The van der Waals surface area contributed by atoms with Gasteiger partial charge < -0.3 is 5.32 Å². The van der Waals surface area contributed by atoms with E-state index in [-0.39, 0.29) is 11.5 Å². The average molecular weight is 372 g/mol. The van der Waals surface area contributed by atoms with E-state index in [0.717, 1.165) is 11.1 Å². The first kappa shape index (κ1) is 19.1. The molecule has 140 valence electrons. The van der Waals surface area contributed by atoms with E-state index >= 15 is 0 Å². The molecule has 1 N–H and O–H groups in total. The lowest BCUT2D eigenvalue weighted by Gasteiger charge is -2.17. The molecule has 1 amide bonds. The number of amides is 1. The Morgan fingerprint density at radius 2 is 1.93 bits per heavy atom. The number of anilines is 1. The standard InChI is InChI=1S/C22H20N4O2/c1-3-20(22(28)24-18-6-4-5-16(13-18)14-23)26-21(27)12-11-19(25-26)17-9-7-15(2)8-10-17/h4-13,20H,3H2,1-2H3,(H,24,28)/t20-/m0/s1. The molecule has 3 aromatic rings. The molecule has 6 heteroatoms. The van der Waals surface area contributed by atoms with Crippen LogP contribution in [0, 0.1) is 18.3 Å². The highest BCUT2D eigenvalue weighted by molar-refractivity contribution is 5.93. The zero-order valence-corrected chi connectivity index (χ0v) is 15.7. The van der Waals surface area contributed by atoms with Crippen LogP contribution in [0.2, 0.25) is 0 Å². The second-order valence-electron chi connectivity index (χ2n) is 6.47. The van der Waals surface area contributed by atoms with Crippen LogP contribution in [0.25, 0.3) is 11.3 Å². The number of benzene rings is 2. The molecule has 0 saturated carbocycles. The quantitative estimate of drug-likeness (QED) is 0.740. The maximum Gasteiger partial charge on any atom is 0.267 e. The molecule has 0 radical (unpaired) electrons. The molecule has 0 bridgehead atoms. The van der Waals surface area contributed by atoms with Gasteiger partial charge in [-0.15, -0.1) is 0 Å². The number of nitrogens with one attached hydrogen (secondary N) is 1. The van der Waals surface area contributed by atoms with Crippen LogP contribution < -0.4 is 10.9 Å². The molecule has 1 aromatic heterocycles. The minimum atomic E-state index is -0.761. The number of nitriles is 1. The van der Waals surface area contributed by atoms with Gasteiger partial charge in [0.1, 0.15) is 6.04 Å². The number of rotatable bonds is 5. The molecule has 1 heterocycles. The Labute approximate surface area is 163 Å². The van der Waals surface area contributed by atoms with Gasteiger partial charge in [0.25, 0.3) is 5.56 Å². The van der Waals surface area contributed by atoms with Crippen LogP contribution in [0.3, 0.4) is 0 Å². The summed E-state index contributed by atoms with van der Waals surface area (Å²) in [6, 6.07) is 18.8. The lowest BCUT2D eigenvalue weighted by molar-refractivity contribution is -0.119. The number of aromatic nitrogens is 2. The zero-order valence-electron chi connectivity index (χ0n) is 15.7. The molecule has 0 aliphatic heterocycles. The summed E-state index contributed by atoms with van der Waals surface area (Å²) in [6.07, 6.45) is 0.397. The number of hydrogen-bond acceptors (Lipinski definition) is 4. The molecule has 2 aromatic carbocycles. The lowest BCUT2D eigenvalue weighted by atomic mass is 10.1. The Morgan fingerprint density at radius 3 is 2.61 bits per heavy atom. The second-order valence-corrected chi connectivity index (χ2v) is 6.47. The van der Waals surface area contributed by atoms with E-state index in [4.69, 9.17) is 5.26 Å². The van der Waals surface area contributed by atoms with Gasteiger partial charge in [-0.25, -0.2) is 4.68 Å². The molecule has 6 nitrogen and oxygen atoms in total. The Morgan fingerprint density at radius 1 is 1.18 bits per heavy atom. The maximum atomic E-state index is 12.8. The first-order valence-electron chi connectivity index (χ1n) is 8.99. The number of nitrogens with zero attached hydrogens (tertiary/aromatic N) is 3. The van der Waals surface area contributed by atoms with Crippen molar-refractivity contribution in [2.45, 2.75) is 26.3 Å². The molecule has 3 rings (SSSR count). The fourth-order valence-electron chi connectivity index (χ4n) is 2.89. The van der Waals surface area contributed by atoms with Crippen LogP contribution in [0.4, 0.5) is 5.69 Å². The summed E-state index contributed by atoms with van der Waals surface area (Å²) in [5.41, 5.74) is 3.23. The average Bonchev–Trinajstić information content (AvgIpc) is 2.70. The monoisotopic (exact) mass is 372 g/mol. The number of carbonyl (C=O) groups excluding carboxylic acids is 1. The van der Waals surface area contributed by atoms with Gasteiger partial charge in [0, 0.05) is 17.3 Å². The van der Waals surface area contributed by atoms with Crippen molar-refractivity contribution in [3.05, 3.63) is 82.1 Å². The third-order valence-electron chi connectivity index (χ3n) is 4.42. The SMILES string of the molecule is CC[C@@H](C(=O)Nc1cccc(C#N)c1)n1nc(-c2ccc(C)cc2)ccc1=O. The predicted molar refractivity (Wildman–Crippen MR) is 108 cm³/mol. The molecular weight excluding hydrogens is 352 g/mol. The fraction of sp³-hybridized carbons (Fsp3) is 0.182. The van der Waals surface area contributed by atoms with Crippen molar-refractivity contribution in [2.75, 3.05) is 5.32 Å². The van der Waals surface area contributed by atoms with E-state index < -0.39 is 6.04 Å². The predicted octanol–water partition coefficient (Wildman–Crippen LogP) is 3.68. The summed E-state index contributed by atoms with van der Waals surface area (Å²) in [5, 5.41) is 16.2. The summed E-state index contributed by atoms with van der Waals surface area (Å²) in [7, 11) is 0. The van der Waals surface area contributed by atoms with Gasteiger partial charge in [-0.3, -0.25) is 9.59 Å². The first-order chi connectivity index (χ1) is 13.5. The summed E-state index contributed by atoms with van der Waals surface area (Å²) in [5.74, 6) is -0.353. The Hall–Kier alpha value is -3.72. The van der Waals surface area contributed by atoms with Crippen molar-refractivity contribution in [3.8, 4) is 17.3 Å². The summed E-state index contributed by atoms with van der Waals surface area (Å²) in [6.45, 7) is 3.82. The molecule has 28 heavy (non-hydrogen) atoms. The first-order valence-corrected chi connectivity index (χ1v) is 8.99. The number of aryl methyl sites for hydroxylation is 1. The van der Waals surface area contributed by atoms with Crippen molar-refractivity contribution in [3.63, 3.8) is 0 Å². The van der Waals surface area contributed by atoms with Crippen LogP contribution in [-0.2, 0) is 4.79 Å². The van der Waals surface area contributed by atoms with E-state index in [1.165, 1.54) is 10.7 Å². The topological polar surface area (TPSA) is 87.8 Å². The number of carbonyl (C=O) groups is 1. The fourth-order valence-corrected chi connectivity index (χ4v) is 2.89. The number of hydrogen-bond donors (Lipinski definition) is 1. The third-order valence-corrected chi connectivity index (χ3v) is 4.42. The van der Waals surface area contributed by atoms with Crippen molar-refractivity contribution in [2.24, 2.45) is 0 Å². The van der Waals surface area contributed by atoms with E-state index in [0.29, 0.717) is 23.4 Å². The molecule has 0 aliphatic carbocycles. The van der Waals surface area contributed by atoms with Crippen LogP contribution in [0.1, 0.15) is 30.5 Å². The summed E-state index contributed by atoms with van der Waals surface area (Å²) < 4.78 is 1.22. The van der Waals surface area contributed by atoms with Crippen molar-refractivity contribution < 1.29 is 4.79 Å². The van der Waals surface area contributed by atoms with Crippen LogP contribution >= 0.6 is 0 Å². The maximum absolute atomic E-state index is 12.8. The van der Waals surface area contributed by atoms with Gasteiger partial charge in [0.2, 0.25) is 5.91 Å². The van der Waals surface area contributed by atoms with Gasteiger partial charge >= 0.3 is 0 Å². The molecule has 0 saturated heterocycles. The normalized spacial score (nSPS) is 11.5. The highest BCUT2D eigenvalue weighted by atomic mass is 16.2. The van der Waals surface area contributed by atoms with Crippen molar-refractivity contribution >= 4 is 11.6 Å². The Kier molecular flexibility index (Phi) is 5.66. The van der Waals surface area contributed by atoms with Gasteiger partial charge in [-0.1, -0.05) is 42.8 Å². The lowest BCUT2D eigenvalue weighted by Crippen LogP contribution is -2.34. The summed E-state index contributed by atoms with van der Waals surface area (Å²) >= 11 is 0. The molecular formula is C22H20N4O2. The Bertz CT molecular complexity index is 1090. The third kappa shape index (κ3) is 4.15. The largest absolute Gasteiger partial charge is 0.324 e. The highest BCUT2D eigenvalue weighted by Crippen LogP contribution is 2.19. The van der Waals surface area contributed by atoms with E-state index in [2.05, 4.69) is 10.4 Å². The molecule has 0 unspecified atom stereocenters. The minimum absolute atomic E-state index is 0.344. The van der Waals surface area contributed by atoms with Crippen LogP contribution in [0.15, 0.2) is 65.5 Å². The zero-order chi connectivity index (χ0) is 20.1. The van der Waals surface area contributed by atoms with E-state index in [1.54, 1.807) is 30.3 Å². The smallest absolute Gasteiger partial charge is 0.267 e. The van der Waals surface area contributed by atoms with Gasteiger partial charge in [-0.05, 0) is 37.6 Å². The van der Waals surface area contributed by atoms with Crippen LogP contribution in [-0.4, -0.2) is 15.7 Å². The van der Waals surface area contributed by atoms with E-state index in [9.17, 15) is 9.59 Å². The molecule has 1 atom stereocenters. The van der Waals surface area contributed by atoms with Gasteiger partial charge in [-0.2, -0.15) is 10.4 Å². The highest BCUT2D eigenvalue weighted by Gasteiger charge is 2.21. The van der Waals surface area contributed by atoms with Crippen LogP contribution in [0.5, 0.6) is 0 Å². The second kappa shape index (κ2) is 8.31. The van der Waals surface area contributed by atoms with Crippen molar-refractivity contribution in [1.29, 1.82) is 5.26 Å². The van der Waals surface area contributed by atoms with Gasteiger partial charge in [0.05, 0.1) is 17.3 Å². The molecule has 0 aliphatic rings. The molecule has 0 fully saturated rings. The van der Waals surface area contributed by atoms with Crippen molar-refractivity contribution in [1.82, 2.24) is 9.78 Å². The van der Waals surface area contributed by atoms with Gasteiger partial charge in [0.15, 0.2) is 0 Å². The van der Waals surface area contributed by atoms with E-state index in [1.807, 2.05) is 44.2 Å². The molecule has 0 spiro atoms. The Balaban J connectivity index is 1.92. The minimum Gasteiger partial charge on any atom is -0.324 e.